The van der Waals surface area contributed by atoms with Crippen LogP contribution in [-0.4, -0.2) is 32.6 Å². The predicted octanol–water partition coefficient (Wildman–Crippen LogP) is 2.14. The lowest BCUT2D eigenvalue weighted by Gasteiger charge is -2.08. The molecule has 20 heavy (non-hydrogen) atoms. The van der Waals surface area contributed by atoms with Gasteiger partial charge in [-0.15, -0.1) is 0 Å². The van der Waals surface area contributed by atoms with Crippen LogP contribution in [-0.2, 0) is 16.4 Å². The predicted molar refractivity (Wildman–Crippen MR) is 80.7 cm³/mol. The molecule has 0 amide bonds. The average Bonchev–Trinajstić information content (AvgIpc) is 3.21. The zero-order chi connectivity index (χ0) is 14.4. The molecule has 1 saturated carbocycles. The van der Waals surface area contributed by atoms with Crippen molar-refractivity contribution in [3.05, 3.63) is 29.8 Å². The summed E-state index contributed by atoms with van der Waals surface area (Å²) in [5, 5.41) is 3.45. The van der Waals surface area contributed by atoms with Gasteiger partial charge >= 0.3 is 0 Å². The third-order valence-corrected chi connectivity index (χ3v) is 5.09. The van der Waals surface area contributed by atoms with Crippen LogP contribution in [0.2, 0.25) is 0 Å². The Morgan fingerprint density at radius 3 is 2.50 bits per heavy atom. The van der Waals surface area contributed by atoms with Crippen LogP contribution >= 0.6 is 0 Å². The van der Waals surface area contributed by atoms with Gasteiger partial charge in [0.05, 0.1) is 11.5 Å². The van der Waals surface area contributed by atoms with Crippen LogP contribution in [0, 0.1) is 0 Å². The van der Waals surface area contributed by atoms with Crippen LogP contribution < -0.4 is 10.1 Å². The lowest BCUT2D eigenvalue weighted by atomic mass is 10.2. The summed E-state index contributed by atoms with van der Waals surface area (Å²) < 4.78 is 28.6. The van der Waals surface area contributed by atoms with Gasteiger partial charge in [-0.3, -0.25) is 0 Å². The zero-order valence-electron chi connectivity index (χ0n) is 12.0. The molecule has 2 rings (SSSR count). The first-order valence-electron chi connectivity index (χ1n) is 7.24. The van der Waals surface area contributed by atoms with E-state index in [4.69, 9.17) is 4.74 Å². The fourth-order valence-electron chi connectivity index (χ4n) is 1.95. The largest absolute Gasteiger partial charge is 0.493 e. The van der Waals surface area contributed by atoms with Crippen molar-refractivity contribution >= 4 is 9.84 Å². The van der Waals surface area contributed by atoms with Gasteiger partial charge < -0.3 is 10.1 Å². The van der Waals surface area contributed by atoms with Gasteiger partial charge in [-0.1, -0.05) is 19.1 Å². The highest BCUT2D eigenvalue weighted by atomic mass is 32.2. The first kappa shape index (κ1) is 15.3. The van der Waals surface area contributed by atoms with Gasteiger partial charge in [0.15, 0.2) is 9.84 Å². The maximum absolute atomic E-state index is 11.5. The fourth-order valence-corrected chi connectivity index (χ4v) is 3.12. The molecule has 0 bridgehead atoms. The lowest BCUT2D eigenvalue weighted by molar-refractivity contribution is 0.340. The average molecular weight is 297 g/mol. The summed E-state index contributed by atoms with van der Waals surface area (Å²) in [5.41, 5.74) is 1.22. The number of sulfone groups is 1. The molecule has 1 aromatic rings. The highest BCUT2D eigenvalue weighted by molar-refractivity contribution is 7.91. The van der Waals surface area contributed by atoms with Crippen LogP contribution in [0.5, 0.6) is 5.75 Å². The third-order valence-electron chi connectivity index (χ3n) is 3.27. The molecule has 112 valence electrons. The van der Waals surface area contributed by atoms with Crippen LogP contribution in [0.3, 0.4) is 0 Å². The molecule has 1 aromatic carbocycles. The van der Waals surface area contributed by atoms with Gasteiger partial charge in [0.1, 0.15) is 12.4 Å². The molecule has 0 heterocycles. The molecule has 0 radical (unpaired) electrons. The van der Waals surface area contributed by atoms with E-state index in [1.54, 1.807) is 0 Å². The second-order valence-corrected chi connectivity index (χ2v) is 7.60. The van der Waals surface area contributed by atoms with Crippen LogP contribution in [0.4, 0.5) is 0 Å². The summed E-state index contributed by atoms with van der Waals surface area (Å²) in [5.74, 6) is 1.06. The van der Waals surface area contributed by atoms with Gasteiger partial charge in [-0.05, 0) is 37.0 Å². The summed E-state index contributed by atoms with van der Waals surface area (Å²) in [6, 6.07) is 8.54. The highest BCUT2D eigenvalue weighted by Gasteiger charge is 2.19. The Balaban J connectivity index is 1.72. The third kappa shape index (κ3) is 5.51. The van der Waals surface area contributed by atoms with Crippen molar-refractivity contribution in [3.63, 3.8) is 0 Å². The molecule has 1 aliphatic rings. The van der Waals surface area contributed by atoms with E-state index >= 15 is 0 Å². The zero-order valence-corrected chi connectivity index (χ0v) is 12.8. The molecule has 5 heteroatoms. The van der Waals surface area contributed by atoms with E-state index in [0.29, 0.717) is 12.5 Å². The van der Waals surface area contributed by atoms with E-state index in [0.717, 1.165) is 12.3 Å². The summed E-state index contributed by atoms with van der Waals surface area (Å²) in [4.78, 5) is 0. The van der Waals surface area contributed by atoms with Crippen molar-refractivity contribution in [1.29, 1.82) is 0 Å². The van der Waals surface area contributed by atoms with E-state index in [2.05, 4.69) is 5.32 Å². The smallest absolute Gasteiger partial charge is 0.153 e. The van der Waals surface area contributed by atoms with Gasteiger partial charge in [-0.25, -0.2) is 8.42 Å². The number of ether oxygens (including phenoxy) is 1. The van der Waals surface area contributed by atoms with Crippen molar-refractivity contribution in [2.75, 3.05) is 18.1 Å². The summed E-state index contributed by atoms with van der Waals surface area (Å²) in [7, 11) is -2.96. The molecule has 0 atom stereocenters. The number of hydrogen-bond donors (Lipinski definition) is 1. The molecule has 1 N–H and O–H groups in total. The van der Waals surface area contributed by atoms with Crippen LogP contribution in [0.15, 0.2) is 24.3 Å². The lowest BCUT2D eigenvalue weighted by Crippen LogP contribution is -2.17. The van der Waals surface area contributed by atoms with Crippen LogP contribution in [0.1, 0.15) is 31.7 Å². The van der Waals surface area contributed by atoms with E-state index in [1.165, 1.54) is 18.4 Å². The van der Waals surface area contributed by atoms with Crippen molar-refractivity contribution in [3.8, 4) is 5.75 Å². The van der Waals surface area contributed by atoms with Gasteiger partial charge in [0, 0.05) is 12.6 Å². The molecule has 0 aliphatic heterocycles. The number of nitrogens with one attached hydrogen (secondary N) is 1. The number of benzene rings is 1. The first-order chi connectivity index (χ1) is 9.59. The summed E-state index contributed by atoms with van der Waals surface area (Å²) in [6.45, 7) is 2.98. The molecule has 4 nitrogen and oxygen atoms in total. The Morgan fingerprint density at radius 1 is 1.20 bits per heavy atom. The SMILES string of the molecule is CCCS(=O)(=O)CCOc1ccc(CNC2CC2)cc1. The normalized spacial score (nSPS) is 15.2. The monoisotopic (exact) mass is 297 g/mol. The van der Waals surface area contributed by atoms with Crippen molar-refractivity contribution in [2.24, 2.45) is 0 Å². The molecule has 0 spiro atoms. The Morgan fingerprint density at radius 2 is 1.90 bits per heavy atom. The minimum atomic E-state index is -2.96. The maximum Gasteiger partial charge on any atom is 0.153 e. The van der Waals surface area contributed by atoms with Gasteiger partial charge in [0.25, 0.3) is 0 Å². The molecular formula is C15H23NO3S. The summed E-state index contributed by atoms with van der Waals surface area (Å²) >= 11 is 0. The van der Waals surface area contributed by atoms with E-state index in [9.17, 15) is 8.42 Å². The highest BCUT2D eigenvalue weighted by Crippen LogP contribution is 2.19. The topological polar surface area (TPSA) is 55.4 Å². The van der Waals surface area contributed by atoms with E-state index in [1.807, 2.05) is 31.2 Å². The molecule has 1 aliphatic carbocycles. The summed E-state index contributed by atoms with van der Waals surface area (Å²) in [6.07, 6.45) is 3.23. The first-order valence-corrected chi connectivity index (χ1v) is 9.07. The standard InChI is InChI=1S/C15H23NO3S/c1-2-10-20(17,18)11-9-19-15-7-3-13(4-8-15)12-16-14-5-6-14/h3-4,7-8,14,16H,2,5-6,9-12H2,1H3. The minimum absolute atomic E-state index is 0.0891. The van der Waals surface area contributed by atoms with E-state index in [-0.39, 0.29) is 18.1 Å². The van der Waals surface area contributed by atoms with Gasteiger partial charge in [-0.2, -0.15) is 0 Å². The molecule has 0 saturated heterocycles. The molecule has 0 unspecified atom stereocenters. The molecular weight excluding hydrogens is 274 g/mol. The van der Waals surface area contributed by atoms with Gasteiger partial charge in [0.2, 0.25) is 0 Å². The Kier molecular flexibility index (Phi) is 5.43. The van der Waals surface area contributed by atoms with Crippen LogP contribution in [0.25, 0.3) is 0 Å². The Hall–Kier alpha value is -1.07. The fraction of sp³-hybridized carbons (Fsp3) is 0.600. The minimum Gasteiger partial charge on any atom is -0.493 e. The molecule has 1 fully saturated rings. The van der Waals surface area contributed by atoms with Crippen molar-refractivity contribution < 1.29 is 13.2 Å². The van der Waals surface area contributed by atoms with Crippen molar-refractivity contribution in [1.82, 2.24) is 5.32 Å². The van der Waals surface area contributed by atoms with Crippen molar-refractivity contribution in [2.45, 2.75) is 38.8 Å². The second-order valence-electron chi connectivity index (χ2n) is 5.30. The quantitative estimate of drug-likeness (QED) is 0.759. The maximum atomic E-state index is 11.5. The second kappa shape index (κ2) is 7.09. The van der Waals surface area contributed by atoms with E-state index < -0.39 is 9.84 Å². The number of hydrogen-bond acceptors (Lipinski definition) is 4. The molecule has 0 aromatic heterocycles. The Bertz CT molecular complexity index is 506. The Labute approximate surface area is 121 Å². The number of rotatable bonds is 9.